The Morgan fingerprint density at radius 3 is 2.89 bits per heavy atom. The van der Waals surface area contributed by atoms with Gasteiger partial charge < -0.3 is 14.8 Å². The summed E-state index contributed by atoms with van der Waals surface area (Å²) in [5.74, 6) is -0.336. The third kappa shape index (κ3) is 1.84. The van der Waals surface area contributed by atoms with Crippen LogP contribution in [0.1, 0.15) is 0 Å². The Kier molecular flexibility index (Phi) is 2.71. The van der Waals surface area contributed by atoms with Gasteiger partial charge in [-0.05, 0) is 6.07 Å². The summed E-state index contributed by atoms with van der Waals surface area (Å²) in [4.78, 5) is 5.63. The van der Waals surface area contributed by atoms with E-state index in [0.717, 1.165) is 0 Å². The standard InChI is InChI=1S/C12H12FN3O2/c13-10-5-9-7-14-8-16(17)11(9)6-12(10)15-1-3-18-4-2-15/h5-8H,1-4H2. The Balaban J connectivity index is 2.11. The second-order valence-electron chi connectivity index (χ2n) is 4.18. The molecule has 0 bridgehead atoms. The van der Waals surface area contributed by atoms with Crippen molar-refractivity contribution >= 4 is 16.6 Å². The predicted octanol–water partition coefficient (Wildman–Crippen LogP) is 0.844. The molecule has 0 unspecified atom stereocenters. The van der Waals surface area contributed by atoms with Crippen LogP contribution in [0.3, 0.4) is 0 Å². The Labute approximate surface area is 103 Å². The summed E-state index contributed by atoms with van der Waals surface area (Å²) in [6.45, 7) is 2.41. The highest BCUT2D eigenvalue weighted by atomic mass is 19.1. The van der Waals surface area contributed by atoms with E-state index in [1.54, 1.807) is 6.07 Å². The average Bonchev–Trinajstić information content (AvgIpc) is 2.39. The van der Waals surface area contributed by atoms with Crippen LogP contribution in [0, 0.1) is 11.0 Å². The van der Waals surface area contributed by atoms with Crippen molar-refractivity contribution in [1.82, 2.24) is 4.98 Å². The highest BCUT2D eigenvalue weighted by molar-refractivity contribution is 5.79. The molecule has 6 heteroatoms. The number of hydrogen-bond donors (Lipinski definition) is 0. The van der Waals surface area contributed by atoms with E-state index in [1.807, 2.05) is 4.90 Å². The molecule has 1 aromatic carbocycles. The first-order chi connectivity index (χ1) is 8.75. The van der Waals surface area contributed by atoms with Gasteiger partial charge in [0.05, 0.1) is 24.3 Å². The van der Waals surface area contributed by atoms with Gasteiger partial charge in [0.1, 0.15) is 11.3 Å². The fourth-order valence-electron chi connectivity index (χ4n) is 2.14. The Morgan fingerprint density at radius 2 is 2.11 bits per heavy atom. The lowest BCUT2D eigenvalue weighted by atomic mass is 10.2. The molecule has 5 nitrogen and oxygen atoms in total. The average molecular weight is 249 g/mol. The van der Waals surface area contributed by atoms with Gasteiger partial charge >= 0.3 is 0 Å². The first kappa shape index (κ1) is 11.2. The summed E-state index contributed by atoms with van der Waals surface area (Å²) in [6.07, 6.45) is 2.65. The lowest BCUT2D eigenvalue weighted by molar-refractivity contribution is -0.580. The van der Waals surface area contributed by atoms with Crippen LogP contribution < -0.4 is 9.63 Å². The molecule has 0 spiro atoms. The van der Waals surface area contributed by atoms with Crippen molar-refractivity contribution in [3.63, 3.8) is 0 Å². The molecule has 1 fully saturated rings. The van der Waals surface area contributed by atoms with Crippen molar-refractivity contribution in [1.29, 1.82) is 0 Å². The van der Waals surface area contributed by atoms with E-state index < -0.39 is 0 Å². The second kappa shape index (κ2) is 4.38. The SMILES string of the molecule is [O-][n+]1cncc2cc(F)c(N3CCOCC3)cc21. The number of benzene rings is 1. The smallest absolute Gasteiger partial charge is 0.289 e. The van der Waals surface area contributed by atoms with Gasteiger partial charge in [-0.3, -0.25) is 0 Å². The number of nitrogens with zero attached hydrogens (tertiary/aromatic N) is 3. The number of hydrogen-bond acceptors (Lipinski definition) is 4. The van der Waals surface area contributed by atoms with Gasteiger partial charge in [-0.15, -0.1) is 0 Å². The highest BCUT2D eigenvalue weighted by Gasteiger charge is 2.17. The number of fused-ring (bicyclic) bond motifs is 1. The molecular weight excluding hydrogens is 237 g/mol. The number of halogens is 1. The van der Waals surface area contributed by atoms with Crippen molar-refractivity contribution in [2.24, 2.45) is 0 Å². The molecule has 0 atom stereocenters. The number of ether oxygens (including phenoxy) is 1. The fraction of sp³-hybridized carbons (Fsp3) is 0.333. The Bertz CT molecular complexity index is 585. The van der Waals surface area contributed by atoms with Crippen LogP contribution >= 0.6 is 0 Å². The van der Waals surface area contributed by atoms with Crippen molar-refractivity contribution in [3.05, 3.63) is 35.7 Å². The second-order valence-corrected chi connectivity index (χ2v) is 4.18. The maximum absolute atomic E-state index is 14.0. The van der Waals surface area contributed by atoms with Gasteiger partial charge in [-0.1, -0.05) is 4.98 Å². The van der Waals surface area contributed by atoms with Gasteiger partial charge in [0, 0.05) is 19.2 Å². The van der Waals surface area contributed by atoms with Gasteiger partial charge in [0.15, 0.2) is 6.20 Å². The minimum atomic E-state index is -0.336. The van der Waals surface area contributed by atoms with Crippen LogP contribution in [0.25, 0.3) is 10.9 Å². The Morgan fingerprint density at radius 1 is 1.33 bits per heavy atom. The summed E-state index contributed by atoms with van der Waals surface area (Å²) < 4.78 is 19.9. The lowest BCUT2D eigenvalue weighted by Gasteiger charge is -2.29. The lowest BCUT2D eigenvalue weighted by Crippen LogP contribution is -2.37. The molecular formula is C12H12FN3O2. The first-order valence-electron chi connectivity index (χ1n) is 5.75. The van der Waals surface area contributed by atoms with Crippen LogP contribution in [0.5, 0.6) is 0 Å². The maximum Gasteiger partial charge on any atom is 0.289 e. The maximum atomic E-state index is 14.0. The molecule has 2 aromatic rings. The van der Waals surface area contributed by atoms with Crippen LogP contribution in [-0.2, 0) is 4.74 Å². The molecule has 0 N–H and O–H groups in total. The topological polar surface area (TPSA) is 52.3 Å². The van der Waals surface area contributed by atoms with Crippen LogP contribution in [-0.4, -0.2) is 31.3 Å². The van der Waals surface area contributed by atoms with Gasteiger partial charge in [-0.25, -0.2) is 9.12 Å². The molecule has 0 saturated carbocycles. The molecule has 3 rings (SSSR count). The highest BCUT2D eigenvalue weighted by Crippen LogP contribution is 2.24. The summed E-state index contributed by atoms with van der Waals surface area (Å²) in [6, 6.07) is 2.92. The molecule has 0 aliphatic carbocycles. The van der Waals surface area contributed by atoms with E-state index in [4.69, 9.17) is 4.74 Å². The summed E-state index contributed by atoms with van der Waals surface area (Å²) in [5.41, 5.74) is 0.870. The van der Waals surface area contributed by atoms with Crippen LogP contribution in [0.2, 0.25) is 0 Å². The van der Waals surface area contributed by atoms with E-state index >= 15 is 0 Å². The van der Waals surface area contributed by atoms with Gasteiger partial charge in [0.2, 0.25) is 0 Å². The third-order valence-electron chi connectivity index (χ3n) is 3.07. The minimum absolute atomic E-state index is 0.336. The Hall–Kier alpha value is -1.95. The van der Waals surface area contributed by atoms with E-state index in [-0.39, 0.29) is 5.82 Å². The molecule has 1 aliphatic rings. The normalized spacial score (nSPS) is 16.2. The van der Waals surface area contributed by atoms with E-state index in [2.05, 4.69) is 4.98 Å². The predicted molar refractivity (Wildman–Crippen MR) is 63.7 cm³/mol. The van der Waals surface area contributed by atoms with Crippen LogP contribution in [0.4, 0.5) is 10.1 Å². The van der Waals surface area contributed by atoms with Crippen LogP contribution in [0.15, 0.2) is 24.7 Å². The fourth-order valence-corrected chi connectivity index (χ4v) is 2.14. The third-order valence-corrected chi connectivity index (χ3v) is 3.07. The van der Waals surface area contributed by atoms with Gasteiger partial charge in [-0.2, -0.15) is 0 Å². The molecule has 1 aliphatic heterocycles. The van der Waals surface area contributed by atoms with Crippen molar-refractivity contribution in [2.45, 2.75) is 0 Å². The monoisotopic (exact) mass is 249 g/mol. The zero-order chi connectivity index (χ0) is 12.5. The molecule has 1 aromatic heterocycles. The van der Waals surface area contributed by atoms with Crippen molar-refractivity contribution in [2.75, 3.05) is 31.2 Å². The first-order valence-corrected chi connectivity index (χ1v) is 5.75. The van der Waals surface area contributed by atoms with Crippen molar-refractivity contribution < 1.29 is 13.9 Å². The molecule has 1 saturated heterocycles. The minimum Gasteiger partial charge on any atom is -0.710 e. The molecule has 18 heavy (non-hydrogen) atoms. The molecule has 94 valence electrons. The number of anilines is 1. The number of aromatic nitrogens is 2. The molecule has 2 heterocycles. The van der Waals surface area contributed by atoms with Gasteiger partial charge in [0.25, 0.3) is 6.33 Å². The van der Waals surface area contributed by atoms with E-state index in [0.29, 0.717) is 47.6 Å². The molecule has 0 radical (unpaired) electrons. The zero-order valence-electron chi connectivity index (χ0n) is 9.67. The zero-order valence-corrected chi connectivity index (χ0v) is 9.67. The van der Waals surface area contributed by atoms with Crippen molar-refractivity contribution in [3.8, 4) is 0 Å². The molecule has 0 amide bonds. The van der Waals surface area contributed by atoms with E-state index in [1.165, 1.54) is 18.6 Å². The quantitative estimate of drug-likeness (QED) is 0.555. The van der Waals surface area contributed by atoms with E-state index in [9.17, 15) is 9.60 Å². The summed E-state index contributed by atoms with van der Waals surface area (Å²) in [7, 11) is 0. The largest absolute Gasteiger partial charge is 0.710 e. The number of rotatable bonds is 1. The summed E-state index contributed by atoms with van der Waals surface area (Å²) >= 11 is 0. The summed E-state index contributed by atoms with van der Waals surface area (Å²) in [5, 5.41) is 12.1. The number of morpholine rings is 1.